The first kappa shape index (κ1) is 13.5. The Morgan fingerprint density at radius 3 is 2.94 bits per heavy atom. The van der Waals surface area contributed by atoms with Crippen molar-refractivity contribution >= 4 is 5.96 Å². The van der Waals surface area contributed by atoms with Gasteiger partial charge in [-0.05, 0) is 6.42 Å². The van der Waals surface area contributed by atoms with Gasteiger partial charge < -0.3 is 9.47 Å². The monoisotopic (exact) mass is 238 g/mol. The Hall–Kier alpha value is -1.56. The van der Waals surface area contributed by atoms with Crippen molar-refractivity contribution in [2.24, 2.45) is 17.9 Å². The van der Waals surface area contributed by atoms with Crippen molar-refractivity contribution in [2.75, 3.05) is 13.6 Å². The second-order valence-electron chi connectivity index (χ2n) is 4.01. The van der Waals surface area contributed by atoms with E-state index in [9.17, 15) is 0 Å². The number of hydrazine groups is 1. The number of rotatable bonds is 5. The number of imidazole rings is 1. The molecular weight excluding hydrogens is 216 g/mol. The minimum absolute atomic E-state index is 0.679. The molecule has 6 heteroatoms. The zero-order chi connectivity index (χ0) is 12.7. The van der Waals surface area contributed by atoms with Gasteiger partial charge in [0.2, 0.25) is 5.96 Å². The summed E-state index contributed by atoms with van der Waals surface area (Å²) >= 11 is 0. The molecule has 0 aliphatic rings. The van der Waals surface area contributed by atoms with E-state index in [-0.39, 0.29) is 0 Å². The lowest BCUT2D eigenvalue weighted by molar-refractivity contribution is 0.453. The Bertz CT molecular complexity index is 357. The highest BCUT2D eigenvalue weighted by Crippen LogP contribution is 2.00. The van der Waals surface area contributed by atoms with E-state index in [1.54, 1.807) is 6.20 Å². The second kappa shape index (κ2) is 6.90. The van der Waals surface area contributed by atoms with Crippen molar-refractivity contribution in [3.63, 3.8) is 0 Å². The maximum absolute atomic E-state index is 5.47. The highest BCUT2D eigenvalue weighted by molar-refractivity contribution is 5.78. The summed E-state index contributed by atoms with van der Waals surface area (Å²) in [5.74, 6) is 7.15. The number of nitrogens with two attached hydrogens (primary N) is 1. The van der Waals surface area contributed by atoms with Crippen molar-refractivity contribution in [2.45, 2.75) is 26.3 Å². The zero-order valence-corrected chi connectivity index (χ0v) is 10.8. The smallest absolute Gasteiger partial charge is 0.208 e. The summed E-state index contributed by atoms with van der Waals surface area (Å²) in [6.07, 6.45) is 5.91. The van der Waals surface area contributed by atoms with Gasteiger partial charge in [0.25, 0.3) is 0 Å². The van der Waals surface area contributed by atoms with Crippen LogP contribution in [0.4, 0.5) is 0 Å². The van der Waals surface area contributed by atoms with Crippen LogP contribution in [0.5, 0.6) is 0 Å². The van der Waals surface area contributed by atoms with Gasteiger partial charge in [0, 0.05) is 33.0 Å². The molecule has 0 saturated heterocycles. The predicted octanol–water partition coefficient (Wildman–Crippen LogP) is 0.471. The molecule has 1 aromatic rings. The minimum Gasteiger partial charge on any atom is -0.338 e. The van der Waals surface area contributed by atoms with Crippen LogP contribution < -0.4 is 11.3 Å². The molecule has 0 saturated carbocycles. The van der Waals surface area contributed by atoms with E-state index in [1.165, 1.54) is 0 Å². The first-order valence-corrected chi connectivity index (χ1v) is 5.87. The van der Waals surface area contributed by atoms with Gasteiger partial charge in [-0.2, -0.15) is 0 Å². The number of nitrogens with zero attached hydrogens (tertiary/aromatic N) is 4. The fourth-order valence-electron chi connectivity index (χ4n) is 1.46. The summed E-state index contributed by atoms with van der Waals surface area (Å²) < 4.78 is 1.98. The number of unbranched alkanes of at least 4 members (excludes halogenated alkanes) is 1. The fourth-order valence-corrected chi connectivity index (χ4v) is 1.46. The first-order chi connectivity index (χ1) is 8.19. The van der Waals surface area contributed by atoms with Gasteiger partial charge >= 0.3 is 0 Å². The third-order valence-corrected chi connectivity index (χ3v) is 2.56. The summed E-state index contributed by atoms with van der Waals surface area (Å²) in [4.78, 5) is 10.6. The van der Waals surface area contributed by atoms with Gasteiger partial charge in [0.15, 0.2) is 0 Å². The van der Waals surface area contributed by atoms with Gasteiger partial charge in [0.05, 0.1) is 6.54 Å². The largest absolute Gasteiger partial charge is 0.338 e. The highest BCUT2D eigenvalue weighted by atomic mass is 15.4. The number of aromatic nitrogens is 2. The number of aliphatic imine (C=N–C) groups is 1. The van der Waals surface area contributed by atoms with Crippen LogP contribution in [0.3, 0.4) is 0 Å². The van der Waals surface area contributed by atoms with Crippen LogP contribution in [-0.2, 0) is 13.6 Å². The van der Waals surface area contributed by atoms with E-state index in [0.717, 1.165) is 25.2 Å². The molecule has 1 heterocycles. The average molecular weight is 238 g/mol. The molecule has 1 aromatic heterocycles. The summed E-state index contributed by atoms with van der Waals surface area (Å²) in [5, 5.41) is 0. The lowest BCUT2D eigenvalue weighted by Gasteiger charge is -2.20. The topological polar surface area (TPSA) is 71.5 Å². The highest BCUT2D eigenvalue weighted by Gasteiger charge is 2.08. The molecule has 0 amide bonds. The number of hydrogen-bond acceptors (Lipinski definition) is 3. The summed E-state index contributed by atoms with van der Waals surface area (Å²) in [6.45, 7) is 3.61. The molecule has 0 radical (unpaired) electrons. The molecule has 17 heavy (non-hydrogen) atoms. The van der Waals surface area contributed by atoms with E-state index >= 15 is 0 Å². The molecule has 1 rings (SSSR count). The van der Waals surface area contributed by atoms with Crippen LogP contribution in [0.2, 0.25) is 0 Å². The van der Waals surface area contributed by atoms with E-state index in [2.05, 4.69) is 22.3 Å². The summed E-state index contributed by atoms with van der Waals surface area (Å²) in [6, 6.07) is 0. The average Bonchev–Trinajstić information content (AvgIpc) is 2.70. The quantitative estimate of drug-likeness (QED) is 0.257. The Morgan fingerprint density at radius 2 is 2.41 bits per heavy atom. The van der Waals surface area contributed by atoms with Crippen molar-refractivity contribution in [1.29, 1.82) is 0 Å². The first-order valence-electron chi connectivity index (χ1n) is 5.87. The third kappa shape index (κ3) is 4.07. The zero-order valence-electron chi connectivity index (χ0n) is 10.8. The SMILES string of the molecule is CCCCN=C(NN)N(C)Cc1nccn1C. The van der Waals surface area contributed by atoms with Crippen LogP contribution in [0, 0.1) is 0 Å². The van der Waals surface area contributed by atoms with Gasteiger partial charge in [-0.1, -0.05) is 13.3 Å². The lowest BCUT2D eigenvalue weighted by Crippen LogP contribution is -2.42. The number of guanidine groups is 1. The Balaban J connectivity index is 2.57. The fraction of sp³-hybridized carbons (Fsp3) is 0.636. The van der Waals surface area contributed by atoms with Gasteiger partial charge in [-0.25, -0.2) is 10.8 Å². The van der Waals surface area contributed by atoms with E-state index in [0.29, 0.717) is 12.5 Å². The molecule has 6 nitrogen and oxygen atoms in total. The summed E-state index contributed by atoms with van der Waals surface area (Å²) in [5.41, 5.74) is 2.63. The normalized spacial score (nSPS) is 11.6. The molecule has 0 aromatic carbocycles. The molecule has 0 atom stereocenters. The van der Waals surface area contributed by atoms with Gasteiger partial charge in [0.1, 0.15) is 5.82 Å². The summed E-state index contributed by atoms with van der Waals surface area (Å²) in [7, 11) is 3.92. The molecule has 3 N–H and O–H groups in total. The standard InChI is InChI=1S/C11H22N6/c1-4-5-6-14-11(15-12)17(3)9-10-13-7-8-16(10)2/h7-8H,4-6,9,12H2,1-3H3,(H,14,15). The number of nitrogens with one attached hydrogen (secondary N) is 1. The van der Waals surface area contributed by atoms with Gasteiger partial charge in [-0.3, -0.25) is 10.4 Å². The Morgan fingerprint density at radius 1 is 1.65 bits per heavy atom. The second-order valence-corrected chi connectivity index (χ2v) is 4.01. The molecule has 0 bridgehead atoms. The molecule has 0 spiro atoms. The van der Waals surface area contributed by atoms with Gasteiger partial charge in [-0.15, -0.1) is 0 Å². The van der Waals surface area contributed by atoms with E-state index in [1.807, 2.05) is 29.8 Å². The van der Waals surface area contributed by atoms with E-state index < -0.39 is 0 Å². The molecule has 0 unspecified atom stereocenters. The van der Waals surface area contributed by atoms with E-state index in [4.69, 9.17) is 5.84 Å². The van der Waals surface area contributed by atoms with Crippen LogP contribution in [0.15, 0.2) is 17.4 Å². The number of aryl methyl sites for hydroxylation is 1. The lowest BCUT2D eigenvalue weighted by atomic mass is 10.3. The number of hydrogen-bond donors (Lipinski definition) is 2. The van der Waals surface area contributed by atoms with Crippen molar-refractivity contribution < 1.29 is 0 Å². The third-order valence-electron chi connectivity index (χ3n) is 2.56. The molecule has 0 aliphatic carbocycles. The molecule has 0 aliphatic heterocycles. The van der Waals surface area contributed by atoms with Crippen LogP contribution in [0.1, 0.15) is 25.6 Å². The maximum Gasteiger partial charge on any atom is 0.208 e. The molecular formula is C11H22N6. The minimum atomic E-state index is 0.679. The maximum atomic E-state index is 5.47. The van der Waals surface area contributed by atoms with Crippen molar-refractivity contribution in [1.82, 2.24) is 19.9 Å². The van der Waals surface area contributed by atoms with Crippen LogP contribution >= 0.6 is 0 Å². The van der Waals surface area contributed by atoms with Crippen LogP contribution in [-0.4, -0.2) is 34.0 Å². The molecule has 0 fully saturated rings. The predicted molar refractivity (Wildman–Crippen MR) is 69.2 cm³/mol. The molecule has 96 valence electrons. The van der Waals surface area contributed by atoms with Crippen molar-refractivity contribution in [3.05, 3.63) is 18.2 Å². The van der Waals surface area contributed by atoms with Crippen molar-refractivity contribution in [3.8, 4) is 0 Å². The van der Waals surface area contributed by atoms with Crippen LogP contribution in [0.25, 0.3) is 0 Å². The Labute approximate surface area is 103 Å². The Kier molecular flexibility index (Phi) is 5.48.